The second-order valence-electron chi connectivity index (χ2n) is 5.38. The van der Waals surface area contributed by atoms with Gasteiger partial charge in [0.1, 0.15) is 0 Å². The number of hydrogen-bond acceptors (Lipinski definition) is 3. The molecule has 0 aliphatic heterocycles. The fourth-order valence-electron chi connectivity index (χ4n) is 2.33. The van der Waals surface area contributed by atoms with E-state index >= 15 is 0 Å². The van der Waals surface area contributed by atoms with E-state index in [4.69, 9.17) is 21.1 Å². The highest BCUT2D eigenvalue weighted by atomic mass is 35.5. The summed E-state index contributed by atoms with van der Waals surface area (Å²) in [5.74, 6) is 2.27. The normalized spacial score (nSPS) is 14.9. The summed E-state index contributed by atoms with van der Waals surface area (Å²) in [6.45, 7) is 4.67. The van der Waals surface area contributed by atoms with Crippen LogP contribution in [0.5, 0.6) is 11.5 Å². The van der Waals surface area contributed by atoms with Gasteiger partial charge in [-0.2, -0.15) is 0 Å². The number of hydrogen-bond donors (Lipinski definition) is 1. The molecule has 1 N–H and O–H groups in total. The van der Waals surface area contributed by atoms with Crippen LogP contribution in [0.4, 0.5) is 0 Å². The van der Waals surface area contributed by atoms with Crippen LogP contribution in [0.25, 0.3) is 0 Å². The van der Waals surface area contributed by atoms with E-state index in [9.17, 15) is 0 Å². The van der Waals surface area contributed by atoms with Crippen molar-refractivity contribution >= 4 is 11.6 Å². The van der Waals surface area contributed by atoms with Gasteiger partial charge < -0.3 is 14.8 Å². The van der Waals surface area contributed by atoms with E-state index in [2.05, 4.69) is 12.2 Å². The van der Waals surface area contributed by atoms with E-state index in [1.807, 2.05) is 12.1 Å². The molecule has 4 heteroatoms. The zero-order valence-electron chi connectivity index (χ0n) is 12.4. The Hall–Kier alpha value is -0.930. The molecule has 0 unspecified atom stereocenters. The summed E-state index contributed by atoms with van der Waals surface area (Å²) in [6, 6.07) is 3.78. The van der Waals surface area contributed by atoms with Crippen molar-refractivity contribution in [2.45, 2.75) is 39.2 Å². The van der Waals surface area contributed by atoms with Crippen LogP contribution >= 0.6 is 11.6 Å². The third-order valence-electron chi connectivity index (χ3n) is 3.75. The van der Waals surface area contributed by atoms with Crippen LogP contribution in [0.15, 0.2) is 12.1 Å². The molecule has 1 aromatic rings. The van der Waals surface area contributed by atoms with E-state index in [1.165, 1.54) is 19.3 Å². The van der Waals surface area contributed by atoms with E-state index < -0.39 is 0 Å². The summed E-state index contributed by atoms with van der Waals surface area (Å²) in [4.78, 5) is 0. The third-order valence-corrected chi connectivity index (χ3v) is 3.97. The summed E-state index contributed by atoms with van der Waals surface area (Å²) < 4.78 is 11.4. The number of rotatable bonds is 8. The van der Waals surface area contributed by atoms with E-state index in [0.29, 0.717) is 10.9 Å². The lowest BCUT2D eigenvalue weighted by Gasteiger charge is -2.26. The summed E-state index contributed by atoms with van der Waals surface area (Å²) >= 11 is 6.15. The standard InChI is InChI=1S/C16H24ClNO2/c1-3-7-18-10-13-8-14(17)9-15(19-2)16(13)20-11-12-5-4-6-12/h8-9,12,18H,3-7,10-11H2,1-2H3. The van der Waals surface area contributed by atoms with Gasteiger partial charge in [0.05, 0.1) is 13.7 Å². The van der Waals surface area contributed by atoms with Gasteiger partial charge in [0.15, 0.2) is 11.5 Å². The molecule has 1 fully saturated rings. The van der Waals surface area contributed by atoms with E-state index in [-0.39, 0.29) is 0 Å². The lowest BCUT2D eigenvalue weighted by molar-refractivity contribution is 0.174. The summed E-state index contributed by atoms with van der Waals surface area (Å²) in [6.07, 6.45) is 4.99. The third kappa shape index (κ3) is 4.03. The maximum Gasteiger partial charge on any atom is 0.165 e. The van der Waals surface area contributed by atoms with Crippen molar-refractivity contribution < 1.29 is 9.47 Å². The van der Waals surface area contributed by atoms with Gasteiger partial charge in [-0.15, -0.1) is 0 Å². The number of nitrogens with one attached hydrogen (secondary N) is 1. The van der Waals surface area contributed by atoms with Gasteiger partial charge in [-0.1, -0.05) is 24.9 Å². The maximum absolute atomic E-state index is 6.15. The zero-order valence-corrected chi connectivity index (χ0v) is 13.1. The number of benzene rings is 1. The predicted molar refractivity (Wildman–Crippen MR) is 82.8 cm³/mol. The molecule has 1 aliphatic carbocycles. The number of halogens is 1. The molecule has 112 valence electrons. The Labute approximate surface area is 126 Å². The second-order valence-corrected chi connectivity index (χ2v) is 5.82. The lowest BCUT2D eigenvalue weighted by atomic mass is 9.86. The molecule has 3 nitrogen and oxygen atoms in total. The SMILES string of the molecule is CCCNCc1cc(Cl)cc(OC)c1OCC1CCC1. The van der Waals surface area contributed by atoms with Gasteiger partial charge in [-0.05, 0) is 37.8 Å². The largest absolute Gasteiger partial charge is 0.493 e. The van der Waals surface area contributed by atoms with E-state index in [1.54, 1.807) is 7.11 Å². The van der Waals surface area contributed by atoms with Gasteiger partial charge >= 0.3 is 0 Å². The highest BCUT2D eigenvalue weighted by molar-refractivity contribution is 6.30. The van der Waals surface area contributed by atoms with Crippen molar-refractivity contribution in [1.82, 2.24) is 5.32 Å². The van der Waals surface area contributed by atoms with Gasteiger partial charge in [-0.25, -0.2) is 0 Å². The van der Waals surface area contributed by atoms with Gasteiger partial charge in [0.2, 0.25) is 0 Å². The van der Waals surface area contributed by atoms with Crippen LogP contribution in [0, 0.1) is 5.92 Å². The molecular formula is C16H24ClNO2. The first-order chi connectivity index (χ1) is 9.74. The average molecular weight is 298 g/mol. The van der Waals surface area contributed by atoms with Crippen molar-refractivity contribution in [2.75, 3.05) is 20.3 Å². The molecule has 0 atom stereocenters. The van der Waals surface area contributed by atoms with Crippen LogP contribution in [-0.4, -0.2) is 20.3 Å². The summed E-state index contributed by atoms with van der Waals surface area (Å²) in [5.41, 5.74) is 1.07. The van der Waals surface area contributed by atoms with Crippen molar-refractivity contribution in [3.05, 3.63) is 22.7 Å². The first-order valence-corrected chi connectivity index (χ1v) is 7.82. The van der Waals surface area contributed by atoms with Crippen LogP contribution in [0.1, 0.15) is 38.2 Å². The topological polar surface area (TPSA) is 30.5 Å². The molecule has 0 heterocycles. The van der Waals surface area contributed by atoms with Gasteiger partial charge in [0.25, 0.3) is 0 Å². The zero-order chi connectivity index (χ0) is 14.4. The van der Waals surface area contributed by atoms with Crippen molar-refractivity contribution in [3.8, 4) is 11.5 Å². The monoisotopic (exact) mass is 297 g/mol. The van der Waals surface area contributed by atoms with Crippen LogP contribution < -0.4 is 14.8 Å². The molecule has 0 bridgehead atoms. The van der Waals surface area contributed by atoms with Crippen LogP contribution in [-0.2, 0) is 6.54 Å². The Morgan fingerprint density at radius 3 is 2.75 bits per heavy atom. The minimum Gasteiger partial charge on any atom is -0.493 e. The van der Waals surface area contributed by atoms with Crippen molar-refractivity contribution in [2.24, 2.45) is 5.92 Å². The molecule has 0 aromatic heterocycles. The molecule has 20 heavy (non-hydrogen) atoms. The highest BCUT2D eigenvalue weighted by Crippen LogP contribution is 2.36. The Bertz CT molecular complexity index is 433. The predicted octanol–water partition coefficient (Wildman–Crippen LogP) is 4.03. The molecule has 0 radical (unpaired) electrons. The van der Waals surface area contributed by atoms with Crippen LogP contribution in [0.2, 0.25) is 5.02 Å². The van der Waals surface area contributed by atoms with Crippen LogP contribution in [0.3, 0.4) is 0 Å². The average Bonchev–Trinajstić information content (AvgIpc) is 2.38. The lowest BCUT2D eigenvalue weighted by Crippen LogP contribution is -2.21. The van der Waals surface area contributed by atoms with E-state index in [0.717, 1.165) is 43.2 Å². The molecule has 1 aliphatic rings. The molecular weight excluding hydrogens is 274 g/mol. The molecule has 2 rings (SSSR count). The first kappa shape index (κ1) is 15.5. The molecule has 0 spiro atoms. The van der Waals surface area contributed by atoms with Crippen molar-refractivity contribution in [1.29, 1.82) is 0 Å². The maximum atomic E-state index is 6.15. The molecule has 0 amide bonds. The summed E-state index contributed by atoms with van der Waals surface area (Å²) in [7, 11) is 1.66. The molecule has 1 aromatic carbocycles. The second kappa shape index (κ2) is 7.75. The first-order valence-electron chi connectivity index (χ1n) is 7.44. The summed E-state index contributed by atoms with van der Waals surface area (Å²) in [5, 5.41) is 4.08. The number of methoxy groups -OCH3 is 1. The number of ether oxygens (including phenoxy) is 2. The minimum atomic E-state index is 0.686. The Kier molecular flexibility index (Phi) is 5.99. The Morgan fingerprint density at radius 2 is 2.15 bits per heavy atom. The molecule has 1 saturated carbocycles. The highest BCUT2D eigenvalue weighted by Gasteiger charge is 2.20. The molecule has 0 saturated heterocycles. The Morgan fingerprint density at radius 1 is 1.35 bits per heavy atom. The smallest absolute Gasteiger partial charge is 0.165 e. The Balaban J connectivity index is 2.10. The fourth-order valence-corrected chi connectivity index (χ4v) is 2.56. The quantitative estimate of drug-likeness (QED) is 0.735. The van der Waals surface area contributed by atoms with Gasteiger partial charge in [0, 0.05) is 23.2 Å². The minimum absolute atomic E-state index is 0.686. The van der Waals surface area contributed by atoms with Crippen molar-refractivity contribution in [3.63, 3.8) is 0 Å². The fraction of sp³-hybridized carbons (Fsp3) is 0.625. The van der Waals surface area contributed by atoms with Gasteiger partial charge in [-0.3, -0.25) is 0 Å².